The van der Waals surface area contributed by atoms with Gasteiger partial charge in [-0.25, -0.2) is 4.98 Å². The second-order valence-electron chi connectivity index (χ2n) is 1.42. The first kappa shape index (κ1) is 6.48. The van der Waals surface area contributed by atoms with E-state index in [0.717, 1.165) is 0 Å². The van der Waals surface area contributed by atoms with E-state index in [1.54, 1.807) is 0 Å². The summed E-state index contributed by atoms with van der Waals surface area (Å²) < 4.78 is 4.86. The average molecular weight is 190 g/mol. The fraction of sp³-hybridized carbons (Fsp3) is 0.200. The number of halogens is 1. The van der Waals surface area contributed by atoms with Crippen molar-refractivity contribution in [2.45, 2.75) is 5.33 Å². The van der Waals surface area contributed by atoms with Crippen LogP contribution in [0.3, 0.4) is 0 Å². The highest BCUT2D eigenvalue weighted by Gasteiger charge is 1.98. The van der Waals surface area contributed by atoms with Gasteiger partial charge in [0, 0.05) is 0 Å². The molecule has 1 heterocycles. The van der Waals surface area contributed by atoms with Gasteiger partial charge in [0.05, 0.1) is 11.5 Å². The molecule has 0 aliphatic heterocycles. The third-order valence-electron chi connectivity index (χ3n) is 0.804. The minimum atomic E-state index is 0.129. The summed E-state index contributed by atoms with van der Waals surface area (Å²) in [6.07, 6.45) is 2.09. The van der Waals surface area contributed by atoms with E-state index < -0.39 is 0 Å². The molecule has 48 valence electrons. The molecule has 0 N–H and O–H groups in total. The Morgan fingerprint density at radius 3 is 3.00 bits per heavy atom. The molecule has 0 spiro atoms. The quantitative estimate of drug-likeness (QED) is 0.522. The molecule has 0 fully saturated rings. The minimum absolute atomic E-state index is 0.129. The zero-order valence-corrected chi connectivity index (χ0v) is 6.09. The van der Waals surface area contributed by atoms with Crippen LogP contribution in [0.25, 0.3) is 0 Å². The summed E-state index contributed by atoms with van der Waals surface area (Å²) in [6, 6.07) is 0. The fourth-order valence-electron chi connectivity index (χ4n) is 0.439. The maximum atomic E-state index is 9.96. The molecule has 0 atom stereocenters. The topological polar surface area (TPSA) is 43.1 Å². The fourth-order valence-corrected chi connectivity index (χ4v) is 0.698. The SMILES string of the molecule is O=Cc1ncc(CBr)o1. The Kier molecular flexibility index (Phi) is 2.00. The molecule has 0 amide bonds. The molecule has 0 aliphatic rings. The van der Waals surface area contributed by atoms with Crippen molar-refractivity contribution in [2.75, 3.05) is 0 Å². The molecule has 1 rings (SSSR count). The van der Waals surface area contributed by atoms with Crippen molar-refractivity contribution in [3.05, 3.63) is 17.8 Å². The van der Waals surface area contributed by atoms with Gasteiger partial charge >= 0.3 is 0 Å². The Hall–Kier alpha value is -0.640. The zero-order valence-electron chi connectivity index (χ0n) is 4.50. The van der Waals surface area contributed by atoms with Crippen LogP contribution in [-0.2, 0) is 5.33 Å². The van der Waals surface area contributed by atoms with E-state index in [1.807, 2.05) is 0 Å². The van der Waals surface area contributed by atoms with Crippen LogP contribution in [0.15, 0.2) is 10.6 Å². The Balaban J connectivity index is 2.86. The lowest BCUT2D eigenvalue weighted by atomic mass is 10.6. The number of carbonyl (C=O) groups excluding carboxylic acids is 1. The second kappa shape index (κ2) is 2.77. The number of alkyl halides is 1. The first-order valence-electron chi connectivity index (χ1n) is 2.32. The Morgan fingerprint density at radius 2 is 2.67 bits per heavy atom. The number of rotatable bonds is 2. The van der Waals surface area contributed by atoms with E-state index in [4.69, 9.17) is 4.42 Å². The smallest absolute Gasteiger partial charge is 0.259 e. The molecular formula is C5H4BrNO2. The molecule has 0 saturated carbocycles. The third kappa shape index (κ3) is 1.38. The van der Waals surface area contributed by atoms with E-state index in [-0.39, 0.29) is 5.89 Å². The maximum Gasteiger partial charge on any atom is 0.259 e. The molecule has 3 nitrogen and oxygen atoms in total. The molecular weight excluding hydrogens is 186 g/mol. The van der Waals surface area contributed by atoms with Gasteiger partial charge in [-0.1, -0.05) is 15.9 Å². The van der Waals surface area contributed by atoms with E-state index in [9.17, 15) is 4.79 Å². The van der Waals surface area contributed by atoms with E-state index in [0.29, 0.717) is 17.4 Å². The van der Waals surface area contributed by atoms with Crippen LogP contribution in [0, 0.1) is 0 Å². The Labute approximate surface area is 60.2 Å². The summed E-state index contributed by atoms with van der Waals surface area (Å²) in [5, 5.41) is 0.591. The molecule has 0 saturated heterocycles. The predicted octanol–water partition coefficient (Wildman–Crippen LogP) is 1.38. The predicted molar refractivity (Wildman–Crippen MR) is 34.5 cm³/mol. The van der Waals surface area contributed by atoms with Crippen LogP contribution in [0.4, 0.5) is 0 Å². The van der Waals surface area contributed by atoms with Gasteiger partial charge in [0.25, 0.3) is 5.89 Å². The van der Waals surface area contributed by atoms with Gasteiger partial charge in [-0.2, -0.15) is 0 Å². The maximum absolute atomic E-state index is 9.96. The van der Waals surface area contributed by atoms with Gasteiger partial charge in [0.2, 0.25) is 6.29 Å². The Morgan fingerprint density at radius 1 is 1.89 bits per heavy atom. The van der Waals surface area contributed by atoms with Gasteiger partial charge in [0.15, 0.2) is 0 Å². The number of aldehydes is 1. The molecule has 1 aromatic rings. The highest BCUT2D eigenvalue weighted by Crippen LogP contribution is 2.04. The van der Waals surface area contributed by atoms with Crippen LogP contribution < -0.4 is 0 Å². The molecule has 1 aromatic heterocycles. The summed E-state index contributed by atoms with van der Waals surface area (Å²) in [5.41, 5.74) is 0. The molecule has 9 heavy (non-hydrogen) atoms. The van der Waals surface area contributed by atoms with Crippen LogP contribution in [0.5, 0.6) is 0 Å². The van der Waals surface area contributed by atoms with Crippen LogP contribution >= 0.6 is 15.9 Å². The highest BCUT2D eigenvalue weighted by molar-refractivity contribution is 9.08. The van der Waals surface area contributed by atoms with Crippen molar-refractivity contribution in [3.8, 4) is 0 Å². The van der Waals surface area contributed by atoms with Crippen LogP contribution in [-0.4, -0.2) is 11.3 Å². The van der Waals surface area contributed by atoms with Gasteiger partial charge < -0.3 is 4.42 Å². The number of carbonyl (C=O) groups is 1. The number of hydrogen-bond donors (Lipinski definition) is 0. The number of hydrogen-bond acceptors (Lipinski definition) is 3. The highest BCUT2D eigenvalue weighted by atomic mass is 79.9. The molecule has 0 aromatic carbocycles. The average Bonchev–Trinajstić information content (AvgIpc) is 2.34. The summed E-state index contributed by atoms with van der Waals surface area (Å²) in [7, 11) is 0. The summed E-state index contributed by atoms with van der Waals surface area (Å²) in [4.78, 5) is 13.6. The summed E-state index contributed by atoms with van der Waals surface area (Å²) in [6.45, 7) is 0. The third-order valence-corrected chi connectivity index (χ3v) is 1.36. The standard InChI is InChI=1S/C5H4BrNO2/c6-1-4-2-7-5(3-8)9-4/h2-3H,1H2. The monoisotopic (exact) mass is 189 g/mol. The summed E-state index contributed by atoms with van der Waals surface area (Å²) >= 11 is 3.15. The molecule has 0 radical (unpaired) electrons. The second-order valence-corrected chi connectivity index (χ2v) is 1.98. The number of aromatic nitrogens is 1. The van der Waals surface area contributed by atoms with Crippen LogP contribution in [0.2, 0.25) is 0 Å². The van der Waals surface area contributed by atoms with Crippen LogP contribution in [0.1, 0.15) is 16.4 Å². The van der Waals surface area contributed by atoms with E-state index >= 15 is 0 Å². The van der Waals surface area contributed by atoms with Crippen molar-refractivity contribution in [1.82, 2.24) is 4.98 Å². The number of oxazole rings is 1. The van der Waals surface area contributed by atoms with E-state index in [2.05, 4.69) is 20.9 Å². The Bertz CT molecular complexity index is 208. The van der Waals surface area contributed by atoms with E-state index in [1.165, 1.54) is 6.20 Å². The summed E-state index contributed by atoms with van der Waals surface area (Å²) in [5.74, 6) is 0.793. The molecule has 0 aliphatic carbocycles. The van der Waals surface area contributed by atoms with Crippen molar-refractivity contribution >= 4 is 22.2 Å². The van der Waals surface area contributed by atoms with Gasteiger partial charge in [-0.15, -0.1) is 0 Å². The van der Waals surface area contributed by atoms with Crippen molar-refractivity contribution < 1.29 is 9.21 Å². The normalized spacial score (nSPS) is 9.44. The van der Waals surface area contributed by atoms with Crippen molar-refractivity contribution in [1.29, 1.82) is 0 Å². The van der Waals surface area contributed by atoms with Crippen molar-refractivity contribution in [2.24, 2.45) is 0 Å². The van der Waals surface area contributed by atoms with Gasteiger partial charge in [-0.3, -0.25) is 4.79 Å². The molecule has 0 unspecified atom stereocenters. The van der Waals surface area contributed by atoms with Gasteiger partial charge in [0.1, 0.15) is 5.76 Å². The molecule has 4 heteroatoms. The molecule has 0 bridgehead atoms. The lowest BCUT2D eigenvalue weighted by Gasteiger charge is -1.78. The minimum Gasteiger partial charge on any atom is -0.438 e. The first-order chi connectivity index (χ1) is 4.36. The lowest BCUT2D eigenvalue weighted by Crippen LogP contribution is -1.73. The first-order valence-corrected chi connectivity index (χ1v) is 3.45. The van der Waals surface area contributed by atoms with Gasteiger partial charge in [-0.05, 0) is 0 Å². The number of nitrogens with zero attached hydrogens (tertiary/aromatic N) is 1. The largest absolute Gasteiger partial charge is 0.438 e. The lowest BCUT2D eigenvalue weighted by molar-refractivity contribution is 0.109. The zero-order chi connectivity index (χ0) is 6.69. The van der Waals surface area contributed by atoms with Crippen molar-refractivity contribution in [3.63, 3.8) is 0 Å².